The summed E-state index contributed by atoms with van der Waals surface area (Å²) in [5.74, 6) is 0.761. The number of allylic oxidation sites excluding steroid dienone is 1. The van der Waals surface area contributed by atoms with E-state index in [0.29, 0.717) is 6.42 Å². The van der Waals surface area contributed by atoms with Crippen LogP contribution >= 0.6 is 0 Å². The molecule has 0 fully saturated rings. The van der Waals surface area contributed by atoms with E-state index in [0.717, 1.165) is 45.1 Å². The second-order valence-corrected chi connectivity index (χ2v) is 6.26. The van der Waals surface area contributed by atoms with Gasteiger partial charge in [-0.25, -0.2) is 4.52 Å². The van der Waals surface area contributed by atoms with Crippen molar-refractivity contribution in [2.24, 2.45) is 4.99 Å². The maximum atomic E-state index is 5.00. The smallest absolute Gasteiger partial charge is 0.159 e. The van der Waals surface area contributed by atoms with Crippen molar-refractivity contribution in [3.63, 3.8) is 0 Å². The van der Waals surface area contributed by atoms with Crippen LogP contribution in [0.2, 0.25) is 0 Å². The number of aromatic amines is 1. The highest BCUT2D eigenvalue weighted by atomic mass is 15.2. The molecule has 1 aliphatic rings. The molecule has 5 rings (SSSR count). The summed E-state index contributed by atoms with van der Waals surface area (Å²) in [6.45, 7) is 2.03. The van der Waals surface area contributed by atoms with Gasteiger partial charge in [0.25, 0.3) is 0 Å². The van der Waals surface area contributed by atoms with Crippen LogP contribution in [0.3, 0.4) is 0 Å². The fourth-order valence-electron chi connectivity index (χ4n) is 3.49. The first-order chi connectivity index (χ1) is 12.8. The molecule has 0 bridgehead atoms. The third-order valence-corrected chi connectivity index (χ3v) is 4.63. The first-order valence-electron chi connectivity index (χ1n) is 8.48. The minimum atomic E-state index is 0.691. The Morgan fingerprint density at radius 2 is 1.88 bits per heavy atom. The fraction of sp³-hybridized carbons (Fsp3) is 0.100. The summed E-state index contributed by atoms with van der Waals surface area (Å²) in [6.07, 6.45) is 4.25. The zero-order chi connectivity index (χ0) is 17.5. The van der Waals surface area contributed by atoms with Crippen molar-refractivity contribution in [3.8, 4) is 0 Å². The minimum absolute atomic E-state index is 0.691. The van der Waals surface area contributed by atoms with Crippen LogP contribution in [-0.2, 0) is 0 Å². The quantitative estimate of drug-likeness (QED) is 0.620. The molecule has 1 aromatic carbocycles. The first kappa shape index (κ1) is 14.8. The molecule has 0 unspecified atom stereocenters. The van der Waals surface area contributed by atoms with Gasteiger partial charge in [-0.15, -0.1) is 10.2 Å². The lowest BCUT2D eigenvalue weighted by molar-refractivity contribution is 0.934. The van der Waals surface area contributed by atoms with Crippen molar-refractivity contribution in [1.82, 2.24) is 24.8 Å². The van der Waals surface area contributed by atoms with Gasteiger partial charge in [0, 0.05) is 29.3 Å². The Bertz CT molecular complexity index is 1150. The van der Waals surface area contributed by atoms with Gasteiger partial charge in [-0.05, 0) is 19.1 Å². The van der Waals surface area contributed by atoms with Crippen molar-refractivity contribution in [1.29, 1.82) is 0 Å². The number of fused-ring (bicyclic) bond motifs is 1. The van der Waals surface area contributed by atoms with Gasteiger partial charge < -0.3 is 4.98 Å². The van der Waals surface area contributed by atoms with Gasteiger partial charge in [0.15, 0.2) is 5.82 Å². The summed E-state index contributed by atoms with van der Waals surface area (Å²) in [5, 5.41) is 12.8. The molecule has 0 radical (unpaired) electrons. The Kier molecular flexibility index (Phi) is 3.28. The molecule has 0 saturated carbocycles. The van der Waals surface area contributed by atoms with Crippen LogP contribution in [0.15, 0.2) is 66.0 Å². The second kappa shape index (κ2) is 5.77. The maximum Gasteiger partial charge on any atom is 0.159 e. The molecule has 1 N–H and O–H groups in total. The van der Waals surface area contributed by atoms with Gasteiger partial charge in [0.05, 0.1) is 22.6 Å². The van der Waals surface area contributed by atoms with Crippen molar-refractivity contribution in [3.05, 3.63) is 83.7 Å². The molecule has 0 spiro atoms. The Morgan fingerprint density at radius 3 is 2.69 bits per heavy atom. The summed E-state index contributed by atoms with van der Waals surface area (Å²) < 4.78 is 1.90. The normalized spacial score (nSPS) is 14.3. The number of aromatic nitrogens is 5. The van der Waals surface area contributed by atoms with Crippen LogP contribution < -0.4 is 0 Å². The standard InChI is InChI=1S/C20H16N6/c1-13-18(17-9-5-6-10-26(17)25-13)16-11-15(20-21-12-22-24-20)19(23-16)14-7-3-2-4-8-14/h2-10,12H,11H2,1H3,(H,21,22,24). The van der Waals surface area contributed by atoms with Crippen molar-refractivity contribution in [2.45, 2.75) is 13.3 Å². The van der Waals surface area contributed by atoms with Crippen molar-refractivity contribution < 1.29 is 0 Å². The summed E-state index contributed by atoms with van der Waals surface area (Å²) >= 11 is 0. The Hall–Kier alpha value is -3.54. The molecule has 0 aliphatic carbocycles. The number of pyridine rings is 1. The van der Waals surface area contributed by atoms with Crippen molar-refractivity contribution in [2.75, 3.05) is 0 Å². The molecule has 6 heteroatoms. The number of nitrogens with one attached hydrogen (secondary N) is 1. The Labute approximate surface area is 149 Å². The molecule has 126 valence electrons. The predicted molar refractivity (Wildman–Crippen MR) is 101 cm³/mol. The molecule has 6 nitrogen and oxygen atoms in total. The number of aryl methyl sites for hydroxylation is 1. The third kappa shape index (κ3) is 2.27. The van der Waals surface area contributed by atoms with E-state index in [-0.39, 0.29) is 0 Å². The lowest BCUT2D eigenvalue weighted by Crippen LogP contribution is -2.00. The van der Waals surface area contributed by atoms with E-state index in [1.807, 2.05) is 48.0 Å². The third-order valence-electron chi connectivity index (χ3n) is 4.63. The van der Waals surface area contributed by atoms with E-state index in [4.69, 9.17) is 4.99 Å². The Balaban J connectivity index is 1.68. The van der Waals surface area contributed by atoms with E-state index in [2.05, 4.69) is 38.5 Å². The van der Waals surface area contributed by atoms with E-state index < -0.39 is 0 Å². The van der Waals surface area contributed by atoms with Crippen LogP contribution in [0, 0.1) is 6.92 Å². The zero-order valence-electron chi connectivity index (χ0n) is 14.2. The largest absolute Gasteiger partial charge is 0.328 e. The highest BCUT2D eigenvalue weighted by Gasteiger charge is 2.26. The number of hydrogen-bond acceptors (Lipinski definition) is 4. The van der Waals surface area contributed by atoms with E-state index >= 15 is 0 Å². The maximum absolute atomic E-state index is 5.00. The van der Waals surface area contributed by atoms with E-state index in [1.54, 1.807) is 6.33 Å². The summed E-state index contributed by atoms with van der Waals surface area (Å²) in [6, 6.07) is 16.3. The van der Waals surface area contributed by atoms with Gasteiger partial charge in [0.2, 0.25) is 0 Å². The SMILES string of the molecule is Cc1nn2ccccc2c1C1=NC(c2ccccc2)=C(c2nnc[nH]2)C1. The monoisotopic (exact) mass is 340 g/mol. The van der Waals surface area contributed by atoms with Gasteiger partial charge in [-0.3, -0.25) is 4.99 Å². The lowest BCUT2D eigenvalue weighted by atomic mass is 10.0. The molecule has 1 aliphatic heterocycles. The molecule has 3 aromatic heterocycles. The predicted octanol–water partition coefficient (Wildman–Crippen LogP) is 3.52. The number of aliphatic imine (C=N–C) groups is 1. The summed E-state index contributed by atoms with van der Waals surface area (Å²) in [5.41, 5.74) is 7.20. The number of H-pyrrole nitrogens is 1. The van der Waals surface area contributed by atoms with E-state index in [1.165, 1.54) is 0 Å². The minimum Gasteiger partial charge on any atom is -0.328 e. The molecular weight excluding hydrogens is 324 g/mol. The van der Waals surface area contributed by atoms with Crippen LogP contribution in [0.5, 0.6) is 0 Å². The van der Waals surface area contributed by atoms with Gasteiger partial charge in [-0.2, -0.15) is 5.10 Å². The lowest BCUT2D eigenvalue weighted by Gasteiger charge is -2.02. The van der Waals surface area contributed by atoms with Gasteiger partial charge in [0.1, 0.15) is 6.33 Å². The molecular formula is C20H16N6. The Morgan fingerprint density at radius 1 is 1.04 bits per heavy atom. The zero-order valence-corrected chi connectivity index (χ0v) is 14.2. The molecule has 0 atom stereocenters. The second-order valence-electron chi connectivity index (χ2n) is 6.26. The number of benzene rings is 1. The van der Waals surface area contributed by atoms with E-state index in [9.17, 15) is 0 Å². The number of nitrogens with zero attached hydrogens (tertiary/aromatic N) is 5. The molecule has 4 aromatic rings. The van der Waals surface area contributed by atoms with Crippen LogP contribution in [0.1, 0.15) is 29.1 Å². The van der Waals surface area contributed by atoms with Crippen LogP contribution in [-0.4, -0.2) is 30.5 Å². The molecule has 26 heavy (non-hydrogen) atoms. The highest BCUT2D eigenvalue weighted by molar-refractivity contribution is 6.19. The van der Waals surface area contributed by atoms with Crippen LogP contribution in [0.25, 0.3) is 16.8 Å². The fourth-order valence-corrected chi connectivity index (χ4v) is 3.49. The average Bonchev–Trinajstić information content (AvgIpc) is 3.39. The number of hydrogen-bond donors (Lipinski definition) is 1. The first-order valence-corrected chi connectivity index (χ1v) is 8.48. The van der Waals surface area contributed by atoms with Crippen molar-refractivity contribution >= 4 is 22.5 Å². The molecule has 0 amide bonds. The number of rotatable bonds is 3. The summed E-state index contributed by atoms with van der Waals surface area (Å²) in [7, 11) is 0. The van der Waals surface area contributed by atoms with Crippen LogP contribution in [0.4, 0.5) is 0 Å². The summed E-state index contributed by atoms with van der Waals surface area (Å²) in [4.78, 5) is 8.13. The van der Waals surface area contributed by atoms with Gasteiger partial charge in [-0.1, -0.05) is 36.4 Å². The topological polar surface area (TPSA) is 71.2 Å². The molecule has 4 heterocycles. The van der Waals surface area contributed by atoms with Gasteiger partial charge >= 0.3 is 0 Å². The average molecular weight is 340 g/mol. The molecule has 0 saturated heterocycles. The highest BCUT2D eigenvalue weighted by Crippen LogP contribution is 2.36.